The van der Waals surface area contributed by atoms with Gasteiger partial charge in [-0.2, -0.15) is 0 Å². The first-order valence-corrected chi connectivity index (χ1v) is 10.8. The third kappa shape index (κ3) is 4.20. The fraction of sp³-hybridized carbons (Fsp3) is 0.636. The molecule has 2 saturated heterocycles. The standard InChI is InChI=1S/C22H31N5O2/c1-16-14-18-19(15-17(16)2)21(29)27(20(18)28)9-4-3-8-25-10-12-26(13-11-25)22-23-6-5-7-24-22/h5-7,18-19H,3-4,8-15H2,1-2H3. The Morgan fingerprint density at radius 1 is 0.862 bits per heavy atom. The SMILES string of the molecule is CC1=C(C)CC2C(=O)N(CCCCN3CCN(c4ncccn4)CC3)C(=O)C2C1. The molecule has 2 amide bonds. The van der Waals surface area contributed by atoms with Crippen LogP contribution in [0.3, 0.4) is 0 Å². The van der Waals surface area contributed by atoms with Crippen LogP contribution in [0.25, 0.3) is 0 Å². The summed E-state index contributed by atoms with van der Waals surface area (Å²) in [6.45, 7) is 9.62. The lowest BCUT2D eigenvalue weighted by Crippen LogP contribution is -2.47. The van der Waals surface area contributed by atoms with Crippen molar-refractivity contribution in [3.63, 3.8) is 0 Å². The summed E-state index contributed by atoms with van der Waals surface area (Å²) in [6, 6.07) is 1.84. The second-order valence-electron chi connectivity index (χ2n) is 8.59. The van der Waals surface area contributed by atoms with Crippen molar-refractivity contribution in [3.05, 3.63) is 29.6 Å². The first-order valence-electron chi connectivity index (χ1n) is 10.8. The van der Waals surface area contributed by atoms with Gasteiger partial charge in [0.2, 0.25) is 17.8 Å². The Kier molecular flexibility index (Phi) is 5.94. The Morgan fingerprint density at radius 2 is 1.41 bits per heavy atom. The largest absolute Gasteiger partial charge is 0.338 e. The van der Waals surface area contributed by atoms with Crippen molar-refractivity contribution in [1.29, 1.82) is 0 Å². The van der Waals surface area contributed by atoms with E-state index in [1.54, 1.807) is 17.3 Å². The summed E-state index contributed by atoms with van der Waals surface area (Å²) in [5.74, 6) is 0.699. The molecule has 3 aliphatic rings. The number of amides is 2. The predicted molar refractivity (Wildman–Crippen MR) is 111 cm³/mol. The highest BCUT2D eigenvalue weighted by molar-refractivity contribution is 6.05. The summed E-state index contributed by atoms with van der Waals surface area (Å²) in [6.07, 6.45) is 6.96. The minimum absolute atomic E-state index is 0.0586. The molecule has 0 aromatic carbocycles. The molecule has 4 rings (SSSR count). The molecule has 2 fully saturated rings. The molecule has 1 aromatic heterocycles. The third-order valence-electron chi connectivity index (χ3n) is 6.75. The van der Waals surface area contributed by atoms with Crippen molar-refractivity contribution in [2.75, 3.05) is 44.2 Å². The smallest absolute Gasteiger partial charge is 0.233 e. The Morgan fingerprint density at radius 3 is 2.00 bits per heavy atom. The maximum absolute atomic E-state index is 12.7. The van der Waals surface area contributed by atoms with Crippen molar-refractivity contribution < 1.29 is 9.59 Å². The zero-order valence-electron chi connectivity index (χ0n) is 17.5. The first kappa shape index (κ1) is 20.0. The summed E-state index contributed by atoms with van der Waals surface area (Å²) in [7, 11) is 0. The van der Waals surface area contributed by atoms with E-state index in [4.69, 9.17) is 0 Å². The summed E-state index contributed by atoms with van der Waals surface area (Å²) in [5.41, 5.74) is 2.57. The van der Waals surface area contributed by atoms with E-state index in [2.05, 4.69) is 33.6 Å². The maximum Gasteiger partial charge on any atom is 0.233 e. The van der Waals surface area contributed by atoms with E-state index in [1.165, 1.54) is 11.1 Å². The number of carbonyl (C=O) groups is 2. The monoisotopic (exact) mass is 397 g/mol. The van der Waals surface area contributed by atoms with E-state index in [1.807, 2.05) is 6.07 Å². The Hall–Kier alpha value is -2.28. The van der Waals surface area contributed by atoms with Crippen LogP contribution in [0.1, 0.15) is 39.5 Å². The van der Waals surface area contributed by atoms with Crippen molar-refractivity contribution in [3.8, 4) is 0 Å². The number of piperazine rings is 1. The van der Waals surface area contributed by atoms with E-state index in [0.717, 1.165) is 64.4 Å². The molecule has 0 spiro atoms. The summed E-state index contributed by atoms with van der Waals surface area (Å²) >= 11 is 0. The first-order chi connectivity index (χ1) is 14.0. The van der Waals surface area contributed by atoms with Crippen LogP contribution < -0.4 is 4.90 Å². The number of nitrogens with zero attached hydrogens (tertiary/aromatic N) is 5. The lowest BCUT2D eigenvalue weighted by Gasteiger charge is -2.34. The van der Waals surface area contributed by atoms with Gasteiger partial charge in [-0.3, -0.25) is 19.4 Å². The third-order valence-corrected chi connectivity index (χ3v) is 6.75. The fourth-order valence-corrected chi connectivity index (χ4v) is 4.77. The molecular weight excluding hydrogens is 366 g/mol. The van der Waals surface area contributed by atoms with Gasteiger partial charge in [0.05, 0.1) is 11.8 Å². The highest BCUT2D eigenvalue weighted by atomic mass is 16.2. The van der Waals surface area contributed by atoms with E-state index in [-0.39, 0.29) is 23.7 Å². The molecule has 29 heavy (non-hydrogen) atoms. The topological polar surface area (TPSA) is 69.6 Å². The number of fused-ring (bicyclic) bond motifs is 1. The number of likely N-dealkylation sites (tertiary alicyclic amines) is 1. The van der Waals surface area contributed by atoms with E-state index >= 15 is 0 Å². The van der Waals surface area contributed by atoms with Gasteiger partial charge in [0.25, 0.3) is 0 Å². The van der Waals surface area contributed by atoms with Crippen molar-refractivity contribution in [1.82, 2.24) is 19.8 Å². The molecule has 1 aliphatic carbocycles. The number of unbranched alkanes of at least 4 members (excludes halogenated alkanes) is 1. The Bertz CT molecular complexity index is 754. The summed E-state index contributed by atoms with van der Waals surface area (Å²) in [5, 5.41) is 0. The zero-order chi connectivity index (χ0) is 20.4. The lowest BCUT2D eigenvalue weighted by atomic mass is 9.78. The maximum atomic E-state index is 12.7. The molecule has 3 heterocycles. The quantitative estimate of drug-likeness (QED) is 0.416. The molecule has 156 valence electrons. The molecule has 1 aromatic rings. The van der Waals surface area contributed by atoms with Crippen molar-refractivity contribution in [2.45, 2.75) is 39.5 Å². The second-order valence-corrected chi connectivity index (χ2v) is 8.59. The van der Waals surface area contributed by atoms with Crippen LogP contribution in [0, 0.1) is 11.8 Å². The number of allylic oxidation sites excluding steroid dienone is 2. The van der Waals surface area contributed by atoms with Crippen LogP contribution >= 0.6 is 0 Å². The molecule has 7 heteroatoms. The van der Waals surface area contributed by atoms with E-state index in [9.17, 15) is 9.59 Å². The number of anilines is 1. The minimum Gasteiger partial charge on any atom is -0.338 e. The lowest BCUT2D eigenvalue weighted by molar-refractivity contribution is -0.139. The number of hydrogen-bond donors (Lipinski definition) is 0. The second kappa shape index (κ2) is 8.61. The number of rotatable bonds is 6. The summed E-state index contributed by atoms with van der Waals surface area (Å²) < 4.78 is 0. The van der Waals surface area contributed by atoms with Gasteiger partial charge in [0, 0.05) is 45.1 Å². The minimum atomic E-state index is -0.112. The van der Waals surface area contributed by atoms with Crippen LogP contribution in [-0.4, -0.2) is 70.9 Å². The molecule has 2 aliphatic heterocycles. The van der Waals surface area contributed by atoms with Crippen LogP contribution in [0.15, 0.2) is 29.6 Å². The van der Waals surface area contributed by atoms with Gasteiger partial charge >= 0.3 is 0 Å². The Labute approximate surface area is 172 Å². The molecule has 0 radical (unpaired) electrons. The molecule has 0 N–H and O–H groups in total. The summed E-state index contributed by atoms with van der Waals surface area (Å²) in [4.78, 5) is 40.3. The van der Waals surface area contributed by atoms with Gasteiger partial charge in [-0.1, -0.05) is 11.1 Å². The van der Waals surface area contributed by atoms with Crippen molar-refractivity contribution >= 4 is 17.8 Å². The number of carbonyl (C=O) groups excluding carboxylic acids is 2. The van der Waals surface area contributed by atoms with Crippen LogP contribution in [-0.2, 0) is 9.59 Å². The van der Waals surface area contributed by atoms with Crippen LogP contribution in [0.5, 0.6) is 0 Å². The van der Waals surface area contributed by atoms with Gasteiger partial charge in [-0.25, -0.2) is 9.97 Å². The van der Waals surface area contributed by atoms with Gasteiger partial charge < -0.3 is 4.90 Å². The molecule has 2 unspecified atom stereocenters. The van der Waals surface area contributed by atoms with Gasteiger partial charge in [0.1, 0.15) is 0 Å². The highest BCUT2D eigenvalue weighted by Gasteiger charge is 2.48. The van der Waals surface area contributed by atoms with Crippen molar-refractivity contribution in [2.24, 2.45) is 11.8 Å². The highest BCUT2D eigenvalue weighted by Crippen LogP contribution is 2.40. The molecule has 2 atom stereocenters. The van der Waals surface area contributed by atoms with Gasteiger partial charge in [-0.15, -0.1) is 0 Å². The zero-order valence-corrected chi connectivity index (χ0v) is 17.5. The van der Waals surface area contributed by atoms with E-state index in [0.29, 0.717) is 6.54 Å². The van der Waals surface area contributed by atoms with Crippen LogP contribution in [0.2, 0.25) is 0 Å². The molecule has 0 saturated carbocycles. The molecule has 7 nitrogen and oxygen atoms in total. The average Bonchev–Trinajstić information content (AvgIpc) is 2.96. The average molecular weight is 398 g/mol. The van der Waals surface area contributed by atoms with Crippen LogP contribution in [0.4, 0.5) is 5.95 Å². The molecule has 0 bridgehead atoms. The predicted octanol–water partition coefficient (Wildman–Crippen LogP) is 2.11. The Balaban J connectivity index is 1.19. The molecular formula is C22H31N5O2. The fourth-order valence-electron chi connectivity index (χ4n) is 4.77. The number of imide groups is 1. The van der Waals surface area contributed by atoms with Gasteiger partial charge in [-0.05, 0) is 52.1 Å². The number of hydrogen-bond acceptors (Lipinski definition) is 6. The number of aromatic nitrogens is 2. The normalized spacial score (nSPS) is 25.7. The van der Waals surface area contributed by atoms with Gasteiger partial charge in [0.15, 0.2) is 0 Å². The van der Waals surface area contributed by atoms with E-state index < -0.39 is 0 Å².